The van der Waals surface area contributed by atoms with Crippen molar-refractivity contribution >= 4 is 39.6 Å². The number of carbonyl (C=O) groups excluding carboxylic acids is 1. The average molecular weight is 323 g/mol. The predicted octanol–water partition coefficient (Wildman–Crippen LogP) is -0.0635. The van der Waals surface area contributed by atoms with E-state index in [-0.39, 0.29) is 5.70 Å². The molecule has 2 heterocycles. The molecule has 0 saturated carbocycles. The summed E-state index contributed by atoms with van der Waals surface area (Å²) >= 11 is 4.63. The van der Waals surface area contributed by atoms with Gasteiger partial charge in [-0.25, -0.2) is 4.79 Å². The summed E-state index contributed by atoms with van der Waals surface area (Å²) in [5.74, 6) is -1.10. The van der Waals surface area contributed by atoms with Gasteiger partial charge in [-0.2, -0.15) is 0 Å². The monoisotopic (exact) mass is 322 g/mol. The Morgan fingerprint density at radius 1 is 1.82 bits per heavy atom. The number of nitrogens with zero attached hydrogens (tertiary/aromatic N) is 1. The molecule has 3 N–H and O–H groups in total. The molecule has 1 saturated heterocycles. The summed E-state index contributed by atoms with van der Waals surface area (Å²) in [5, 5.41) is 9.11. The SMILES string of the molecule is COC1(N)C(=O)N2C(C(=O)O)=C(CBr)CS[C@@H]21. The van der Waals surface area contributed by atoms with Crippen molar-refractivity contribution in [1.82, 2.24) is 4.90 Å². The number of carboxylic acid groups (broad SMARTS) is 1. The van der Waals surface area contributed by atoms with Gasteiger partial charge in [0.25, 0.3) is 5.91 Å². The molecule has 6 nitrogen and oxygen atoms in total. The van der Waals surface area contributed by atoms with Gasteiger partial charge in [0.15, 0.2) is 0 Å². The van der Waals surface area contributed by atoms with Gasteiger partial charge in [-0.05, 0) is 5.57 Å². The van der Waals surface area contributed by atoms with E-state index in [2.05, 4.69) is 15.9 Å². The van der Waals surface area contributed by atoms with Crippen molar-refractivity contribution in [3.63, 3.8) is 0 Å². The number of fused-ring (bicyclic) bond motifs is 1. The fourth-order valence-corrected chi connectivity index (χ4v) is 4.02. The van der Waals surface area contributed by atoms with Crippen LogP contribution in [-0.2, 0) is 14.3 Å². The van der Waals surface area contributed by atoms with Gasteiger partial charge < -0.3 is 9.84 Å². The molecule has 2 atom stereocenters. The third-order valence-corrected chi connectivity index (χ3v) is 4.92. The van der Waals surface area contributed by atoms with Crippen molar-refractivity contribution < 1.29 is 19.4 Å². The lowest BCUT2D eigenvalue weighted by Gasteiger charge is -2.54. The molecule has 0 aromatic carbocycles. The van der Waals surface area contributed by atoms with E-state index in [0.29, 0.717) is 16.7 Å². The van der Waals surface area contributed by atoms with Crippen molar-refractivity contribution in [3.8, 4) is 0 Å². The highest BCUT2D eigenvalue weighted by molar-refractivity contribution is 9.09. The summed E-state index contributed by atoms with van der Waals surface area (Å²) in [4.78, 5) is 24.3. The first-order valence-electron chi connectivity index (χ1n) is 4.78. The zero-order chi connectivity index (χ0) is 12.8. The van der Waals surface area contributed by atoms with Crippen LogP contribution < -0.4 is 5.73 Å². The van der Waals surface area contributed by atoms with E-state index in [0.717, 1.165) is 0 Å². The Morgan fingerprint density at radius 2 is 2.47 bits per heavy atom. The van der Waals surface area contributed by atoms with E-state index in [1.165, 1.54) is 23.8 Å². The lowest BCUT2D eigenvalue weighted by molar-refractivity contribution is -0.182. The molecule has 1 fully saturated rings. The number of nitrogens with two attached hydrogens (primary N) is 1. The van der Waals surface area contributed by atoms with Crippen molar-refractivity contribution in [2.45, 2.75) is 11.1 Å². The van der Waals surface area contributed by atoms with Gasteiger partial charge in [0.05, 0.1) is 0 Å². The molecule has 2 aliphatic rings. The molecule has 0 aliphatic carbocycles. The van der Waals surface area contributed by atoms with Crippen LogP contribution in [0, 0.1) is 0 Å². The standard InChI is InChI=1S/C9H11BrN2O4S/c1-16-9(11)7(15)12-5(6(13)14)4(2-10)3-17-8(9)12/h8H,2-3,11H2,1H3,(H,13,14)/t8-,9?/m1/s1. The highest BCUT2D eigenvalue weighted by Gasteiger charge is 2.63. The van der Waals surface area contributed by atoms with E-state index >= 15 is 0 Å². The van der Waals surface area contributed by atoms with Crippen LogP contribution in [0.25, 0.3) is 0 Å². The van der Waals surface area contributed by atoms with Crippen LogP contribution in [0.4, 0.5) is 0 Å². The van der Waals surface area contributed by atoms with Gasteiger partial charge in [-0.15, -0.1) is 11.8 Å². The van der Waals surface area contributed by atoms with Crippen molar-refractivity contribution in [1.29, 1.82) is 0 Å². The number of β-lactam (4-membered cyclic amide) rings is 1. The number of hydrogen-bond acceptors (Lipinski definition) is 5. The number of alkyl halides is 1. The Balaban J connectivity index is 2.40. The molecule has 1 amide bonds. The summed E-state index contributed by atoms with van der Waals surface area (Å²) in [6.07, 6.45) is 0. The molecule has 8 heteroatoms. The Hall–Kier alpha value is -0.570. The lowest BCUT2D eigenvalue weighted by atomic mass is 10.00. The van der Waals surface area contributed by atoms with Crippen LogP contribution in [-0.4, -0.2) is 51.2 Å². The second kappa shape index (κ2) is 4.27. The lowest BCUT2D eigenvalue weighted by Crippen LogP contribution is -2.78. The molecule has 0 spiro atoms. The minimum Gasteiger partial charge on any atom is -0.477 e. The number of methoxy groups -OCH3 is 1. The number of carboxylic acids is 1. The van der Waals surface area contributed by atoms with Crippen molar-refractivity contribution in [2.75, 3.05) is 18.2 Å². The molecular weight excluding hydrogens is 312 g/mol. The number of halogens is 1. The van der Waals surface area contributed by atoms with E-state index in [4.69, 9.17) is 15.6 Å². The quantitative estimate of drug-likeness (QED) is 0.429. The van der Waals surface area contributed by atoms with E-state index < -0.39 is 23.0 Å². The fourth-order valence-electron chi connectivity index (χ4n) is 1.91. The minimum absolute atomic E-state index is 0.0220. The Bertz CT molecular complexity index is 427. The van der Waals surface area contributed by atoms with E-state index in [1.54, 1.807) is 0 Å². The number of carbonyl (C=O) groups is 2. The Kier molecular flexibility index (Phi) is 3.23. The van der Waals surface area contributed by atoms with Gasteiger partial charge in [0.2, 0.25) is 5.72 Å². The Morgan fingerprint density at radius 3 is 2.94 bits per heavy atom. The molecular formula is C9H11BrN2O4S. The van der Waals surface area contributed by atoms with Crippen LogP contribution in [0.1, 0.15) is 0 Å². The fraction of sp³-hybridized carbons (Fsp3) is 0.556. The molecule has 2 aliphatic heterocycles. The van der Waals surface area contributed by atoms with Crippen LogP contribution in [0.3, 0.4) is 0 Å². The summed E-state index contributed by atoms with van der Waals surface area (Å²) in [6.45, 7) is 0. The summed E-state index contributed by atoms with van der Waals surface area (Å²) in [6, 6.07) is 0. The molecule has 0 aromatic heterocycles. The van der Waals surface area contributed by atoms with Gasteiger partial charge in [-0.1, -0.05) is 15.9 Å². The number of hydrogen-bond donors (Lipinski definition) is 2. The zero-order valence-corrected chi connectivity index (χ0v) is 11.4. The second-order valence-corrected chi connectivity index (χ2v) is 5.36. The topological polar surface area (TPSA) is 92.9 Å². The van der Waals surface area contributed by atoms with Crippen LogP contribution in [0.2, 0.25) is 0 Å². The minimum atomic E-state index is -1.40. The normalized spacial score (nSPS) is 32.3. The van der Waals surface area contributed by atoms with Crippen LogP contribution in [0.5, 0.6) is 0 Å². The highest BCUT2D eigenvalue weighted by Crippen LogP contribution is 2.45. The predicted molar refractivity (Wildman–Crippen MR) is 65.5 cm³/mol. The Labute approximate surface area is 110 Å². The molecule has 94 valence electrons. The maximum Gasteiger partial charge on any atom is 0.352 e. The summed E-state index contributed by atoms with van der Waals surface area (Å²) < 4.78 is 4.99. The zero-order valence-electron chi connectivity index (χ0n) is 8.97. The van der Waals surface area contributed by atoms with Gasteiger partial charge >= 0.3 is 5.97 Å². The van der Waals surface area contributed by atoms with Crippen LogP contribution in [0.15, 0.2) is 11.3 Å². The number of ether oxygens (including phenoxy) is 1. The third-order valence-electron chi connectivity index (χ3n) is 2.85. The van der Waals surface area contributed by atoms with Crippen LogP contribution >= 0.6 is 27.7 Å². The van der Waals surface area contributed by atoms with Crippen molar-refractivity contribution in [3.05, 3.63) is 11.3 Å². The third kappa shape index (κ3) is 1.62. The molecule has 0 bridgehead atoms. The first kappa shape index (κ1) is 12.9. The van der Waals surface area contributed by atoms with E-state index in [1.807, 2.05) is 0 Å². The van der Waals surface area contributed by atoms with Gasteiger partial charge in [0.1, 0.15) is 11.1 Å². The maximum atomic E-state index is 11.9. The molecule has 17 heavy (non-hydrogen) atoms. The molecule has 0 aromatic rings. The second-order valence-electron chi connectivity index (χ2n) is 3.73. The van der Waals surface area contributed by atoms with Gasteiger partial charge in [-0.3, -0.25) is 15.4 Å². The number of aliphatic carboxylic acids is 1. The number of thioether (sulfide) groups is 1. The highest BCUT2D eigenvalue weighted by atomic mass is 79.9. The number of rotatable bonds is 3. The van der Waals surface area contributed by atoms with E-state index in [9.17, 15) is 9.59 Å². The first-order chi connectivity index (χ1) is 7.97. The summed E-state index contributed by atoms with van der Waals surface area (Å²) in [7, 11) is 1.35. The summed E-state index contributed by atoms with van der Waals surface area (Å²) in [5.41, 5.74) is 5.08. The van der Waals surface area contributed by atoms with Crippen molar-refractivity contribution in [2.24, 2.45) is 5.73 Å². The molecule has 0 radical (unpaired) electrons. The van der Waals surface area contributed by atoms with Gasteiger partial charge in [0, 0.05) is 18.2 Å². The molecule has 2 rings (SSSR count). The largest absolute Gasteiger partial charge is 0.477 e. The smallest absolute Gasteiger partial charge is 0.352 e. The number of amides is 1. The average Bonchev–Trinajstić information content (AvgIpc) is 2.35. The maximum absolute atomic E-state index is 11.9. The molecule has 1 unspecified atom stereocenters. The first-order valence-corrected chi connectivity index (χ1v) is 6.95.